The van der Waals surface area contributed by atoms with Gasteiger partial charge in [0.1, 0.15) is 18.9 Å². The topological polar surface area (TPSA) is 58.6 Å². The normalized spacial score (nSPS) is 29.1. The van der Waals surface area contributed by atoms with Crippen LogP contribution in [-0.4, -0.2) is 37.5 Å². The van der Waals surface area contributed by atoms with Crippen LogP contribution in [-0.2, 0) is 29.7 Å². The summed E-state index contributed by atoms with van der Waals surface area (Å²) in [5.41, 5.74) is 2.42. The average molecular weight is 467 g/mol. The van der Waals surface area contributed by atoms with Gasteiger partial charge in [-0.1, -0.05) is 36.4 Å². The molecule has 1 N–H and O–H groups in total. The number of alkyl halides is 3. The summed E-state index contributed by atoms with van der Waals surface area (Å²) in [5, 5.41) is 0. The van der Waals surface area contributed by atoms with Crippen molar-refractivity contribution >= 4 is 10.2 Å². The first kappa shape index (κ1) is 21.7. The molecule has 0 unspecified atom stereocenters. The molecule has 1 spiro atoms. The van der Waals surface area contributed by atoms with E-state index in [9.17, 15) is 21.6 Å². The summed E-state index contributed by atoms with van der Waals surface area (Å²) in [6.45, 7) is -1.13. The maximum Gasteiger partial charge on any atom is 0.402 e. The fourth-order valence-corrected chi connectivity index (χ4v) is 7.36. The monoisotopic (exact) mass is 466 g/mol. The van der Waals surface area contributed by atoms with Crippen molar-refractivity contribution in [3.05, 3.63) is 65.2 Å². The van der Waals surface area contributed by atoms with Crippen molar-refractivity contribution in [3.8, 4) is 5.75 Å². The van der Waals surface area contributed by atoms with Crippen molar-refractivity contribution in [3.63, 3.8) is 0 Å². The third-order valence-corrected chi connectivity index (χ3v) is 8.71. The molecule has 3 atom stereocenters. The van der Waals surface area contributed by atoms with Crippen molar-refractivity contribution in [2.24, 2.45) is 11.8 Å². The number of halogens is 3. The van der Waals surface area contributed by atoms with Gasteiger partial charge in [0.15, 0.2) is 0 Å². The van der Waals surface area contributed by atoms with Crippen LogP contribution < -0.4 is 9.46 Å². The van der Waals surface area contributed by atoms with Crippen molar-refractivity contribution < 1.29 is 26.3 Å². The number of hydrogen-bond donors (Lipinski definition) is 1. The Bertz CT molecular complexity index is 1110. The van der Waals surface area contributed by atoms with E-state index in [2.05, 4.69) is 4.72 Å². The number of fused-ring (bicyclic) bond motifs is 1. The smallest absolute Gasteiger partial charge is 0.402 e. The molecule has 9 heteroatoms. The Balaban J connectivity index is 1.38. The SMILES string of the molecule is O=S1(=O)N[C@@]2(CN1CC(F)(F)F)[C@@H]1CC[C@H]2Cc2ccc(OCc3ccccc3)cc2C1. The first-order valence-electron chi connectivity index (χ1n) is 10.8. The van der Waals surface area contributed by atoms with E-state index in [1.165, 1.54) is 0 Å². The van der Waals surface area contributed by atoms with E-state index in [4.69, 9.17) is 4.74 Å². The molecule has 1 heterocycles. The molecule has 2 fully saturated rings. The number of nitrogens with one attached hydrogen (secondary N) is 1. The van der Waals surface area contributed by atoms with E-state index in [0.717, 1.165) is 35.3 Å². The standard InChI is InChI=1S/C23H25F3N2O3S/c24-23(25,26)15-28-14-22(27-32(28,29)30)19-7-8-20(22)11-18-12-21(9-6-17(18)10-19)31-13-16-4-2-1-3-5-16/h1-6,9,12,19-20,27H,7-8,10-11,13-15H2/t19-,20+,22+/m0/s1. The van der Waals surface area contributed by atoms with Crippen LogP contribution in [0, 0.1) is 11.8 Å². The van der Waals surface area contributed by atoms with Crippen molar-refractivity contribution in [2.45, 2.75) is 44.0 Å². The molecule has 32 heavy (non-hydrogen) atoms. The molecule has 172 valence electrons. The molecule has 2 aromatic carbocycles. The zero-order chi connectivity index (χ0) is 22.6. The molecule has 0 radical (unpaired) electrons. The lowest BCUT2D eigenvalue weighted by Gasteiger charge is -2.33. The largest absolute Gasteiger partial charge is 0.489 e. The highest BCUT2D eigenvalue weighted by atomic mass is 32.2. The van der Waals surface area contributed by atoms with Gasteiger partial charge in [-0.3, -0.25) is 0 Å². The van der Waals surface area contributed by atoms with E-state index >= 15 is 0 Å². The van der Waals surface area contributed by atoms with Gasteiger partial charge >= 0.3 is 6.18 Å². The van der Waals surface area contributed by atoms with Crippen LogP contribution in [0.2, 0.25) is 0 Å². The zero-order valence-corrected chi connectivity index (χ0v) is 18.3. The zero-order valence-electron chi connectivity index (χ0n) is 17.4. The highest BCUT2D eigenvalue weighted by Gasteiger charge is 2.60. The Hall–Kier alpha value is -2.10. The van der Waals surface area contributed by atoms with Gasteiger partial charge in [-0.2, -0.15) is 30.6 Å². The van der Waals surface area contributed by atoms with E-state index in [1.807, 2.05) is 48.5 Å². The lowest BCUT2D eigenvalue weighted by atomic mass is 9.79. The van der Waals surface area contributed by atoms with Crippen molar-refractivity contribution in [2.75, 3.05) is 13.1 Å². The Morgan fingerprint density at radius 2 is 1.72 bits per heavy atom. The fraction of sp³-hybridized carbons (Fsp3) is 0.478. The van der Waals surface area contributed by atoms with Gasteiger partial charge in [0.2, 0.25) is 0 Å². The number of benzene rings is 2. The van der Waals surface area contributed by atoms with Crippen LogP contribution in [0.25, 0.3) is 0 Å². The van der Waals surface area contributed by atoms with Gasteiger partial charge in [0, 0.05) is 6.54 Å². The maximum atomic E-state index is 13.0. The fourth-order valence-electron chi connectivity index (χ4n) is 5.65. The highest BCUT2D eigenvalue weighted by molar-refractivity contribution is 7.87. The van der Waals surface area contributed by atoms with E-state index in [0.29, 0.717) is 23.8 Å². The van der Waals surface area contributed by atoms with Crippen LogP contribution in [0.1, 0.15) is 29.5 Å². The first-order chi connectivity index (χ1) is 15.1. The molecule has 2 aliphatic carbocycles. The first-order valence-corrected chi connectivity index (χ1v) is 12.2. The molecule has 2 bridgehead atoms. The quantitative estimate of drug-likeness (QED) is 0.745. The van der Waals surface area contributed by atoms with Gasteiger partial charge in [-0.25, -0.2) is 0 Å². The molecule has 5 rings (SSSR count). The van der Waals surface area contributed by atoms with Crippen LogP contribution in [0.15, 0.2) is 48.5 Å². The summed E-state index contributed by atoms with van der Waals surface area (Å²) in [7, 11) is -4.17. The minimum Gasteiger partial charge on any atom is -0.489 e. The average Bonchev–Trinajstić information content (AvgIpc) is 3.11. The molecular formula is C23H25F3N2O3S. The third kappa shape index (κ3) is 4.02. The van der Waals surface area contributed by atoms with Gasteiger partial charge in [-0.15, -0.1) is 0 Å². The molecule has 0 amide bonds. The Morgan fingerprint density at radius 3 is 2.41 bits per heavy atom. The third-order valence-electron chi connectivity index (χ3n) is 7.13. The van der Waals surface area contributed by atoms with Crippen molar-refractivity contribution in [1.29, 1.82) is 0 Å². The molecule has 5 nitrogen and oxygen atoms in total. The van der Waals surface area contributed by atoms with E-state index in [-0.39, 0.29) is 18.4 Å². The van der Waals surface area contributed by atoms with Crippen LogP contribution in [0.5, 0.6) is 5.75 Å². The summed E-state index contributed by atoms with van der Waals surface area (Å²) < 4.78 is 73.4. The predicted octanol–water partition coefficient (Wildman–Crippen LogP) is 3.84. The molecule has 0 aromatic heterocycles. The summed E-state index contributed by atoms with van der Waals surface area (Å²) in [6.07, 6.45) is -1.71. The van der Waals surface area contributed by atoms with Crippen LogP contribution >= 0.6 is 0 Å². The number of rotatable bonds is 4. The van der Waals surface area contributed by atoms with Crippen LogP contribution in [0.4, 0.5) is 13.2 Å². The molecule has 1 saturated carbocycles. The number of hydrogen-bond acceptors (Lipinski definition) is 3. The van der Waals surface area contributed by atoms with E-state index in [1.54, 1.807) is 0 Å². The summed E-state index contributed by atoms with van der Waals surface area (Å²) in [4.78, 5) is 0. The van der Waals surface area contributed by atoms with Crippen molar-refractivity contribution in [1.82, 2.24) is 9.03 Å². The minimum absolute atomic E-state index is 0.0298. The Morgan fingerprint density at radius 1 is 1.03 bits per heavy atom. The molecule has 3 aliphatic rings. The Labute approximate surface area is 185 Å². The second-order valence-electron chi connectivity index (χ2n) is 9.11. The van der Waals surface area contributed by atoms with Gasteiger partial charge in [0.05, 0.1) is 5.54 Å². The highest BCUT2D eigenvalue weighted by Crippen LogP contribution is 2.50. The van der Waals surface area contributed by atoms with Crippen LogP contribution in [0.3, 0.4) is 0 Å². The molecule has 2 aromatic rings. The predicted molar refractivity (Wildman–Crippen MR) is 113 cm³/mol. The number of nitrogens with zero attached hydrogens (tertiary/aromatic N) is 1. The molecule has 1 aliphatic heterocycles. The second-order valence-corrected chi connectivity index (χ2v) is 10.8. The van der Waals surface area contributed by atoms with Gasteiger partial charge < -0.3 is 4.74 Å². The second kappa shape index (κ2) is 7.74. The maximum absolute atomic E-state index is 13.0. The minimum atomic E-state index is -4.57. The summed E-state index contributed by atoms with van der Waals surface area (Å²) in [6, 6.07) is 15.8. The lowest BCUT2D eigenvalue weighted by Crippen LogP contribution is -2.52. The Kier molecular flexibility index (Phi) is 5.26. The van der Waals surface area contributed by atoms with E-state index < -0.39 is 28.5 Å². The number of ether oxygens (including phenoxy) is 1. The summed E-state index contributed by atoms with van der Waals surface area (Å²) in [5.74, 6) is 0.661. The van der Waals surface area contributed by atoms with Gasteiger partial charge in [0.25, 0.3) is 10.2 Å². The molecular weight excluding hydrogens is 441 g/mol. The van der Waals surface area contributed by atoms with Gasteiger partial charge in [-0.05, 0) is 66.3 Å². The summed E-state index contributed by atoms with van der Waals surface area (Å²) >= 11 is 0. The molecule has 1 saturated heterocycles. The lowest BCUT2D eigenvalue weighted by molar-refractivity contribution is -0.136.